The summed E-state index contributed by atoms with van der Waals surface area (Å²) in [5, 5.41) is 4.17. The Morgan fingerprint density at radius 1 is 1.06 bits per heavy atom. The molecule has 0 spiro atoms. The smallest absolute Gasteiger partial charge is 0.373 e. The van der Waals surface area contributed by atoms with E-state index in [-0.39, 0.29) is 69.8 Å². The first kappa shape index (κ1) is 23.6. The van der Waals surface area contributed by atoms with Crippen LogP contribution >= 0.6 is 0 Å². The molecule has 1 saturated carbocycles. The Balaban J connectivity index is 1.44. The highest BCUT2D eigenvalue weighted by Crippen LogP contribution is 2.40. The van der Waals surface area contributed by atoms with Crippen LogP contribution in [0.1, 0.15) is 43.9 Å². The SMILES string of the molecule is CC1CN(S(=O)(=O)N2CCN(Cn3nc(C4CC4)cc(C(F)(F)F)c3=O)CC2)CC(C)O1. The van der Waals surface area contributed by atoms with E-state index in [1.807, 2.05) is 13.8 Å². The fourth-order valence-corrected chi connectivity index (χ4v) is 5.96. The quantitative estimate of drug-likeness (QED) is 0.628. The standard InChI is InChI=1S/C19H28F3N5O4S/c1-13-10-26(11-14(2)31-13)32(29,30)25-7-5-24(6-8-25)12-27-18(28)16(19(20,21)22)9-17(23-27)15-3-4-15/h9,13-15H,3-8,10-12H2,1-2H3. The molecule has 180 valence electrons. The maximum absolute atomic E-state index is 13.3. The molecule has 3 fully saturated rings. The van der Waals surface area contributed by atoms with Crippen molar-refractivity contribution in [3.05, 3.63) is 27.7 Å². The van der Waals surface area contributed by atoms with Crippen molar-refractivity contribution in [3.63, 3.8) is 0 Å². The number of morpholine rings is 1. The second-order valence-electron chi connectivity index (χ2n) is 8.80. The second-order valence-corrected chi connectivity index (χ2v) is 10.7. The molecule has 1 aromatic heterocycles. The summed E-state index contributed by atoms with van der Waals surface area (Å²) in [6, 6.07) is 0.866. The van der Waals surface area contributed by atoms with Crippen molar-refractivity contribution in [2.24, 2.45) is 0 Å². The van der Waals surface area contributed by atoms with Crippen molar-refractivity contribution in [1.29, 1.82) is 0 Å². The van der Waals surface area contributed by atoms with E-state index in [0.29, 0.717) is 0 Å². The lowest BCUT2D eigenvalue weighted by molar-refractivity contribution is -0.139. The predicted molar refractivity (Wildman–Crippen MR) is 109 cm³/mol. The summed E-state index contributed by atoms with van der Waals surface area (Å²) < 4.78 is 75.3. The summed E-state index contributed by atoms with van der Waals surface area (Å²) in [6.07, 6.45) is -3.62. The van der Waals surface area contributed by atoms with Gasteiger partial charge in [-0.1, -0.05) is 0 Å². The summed E-state index contributed by atoms with van der Waals surface area (Å²) in [7, 11) is -3.66. The van der Waals surface area contributed by atoms with E-state index >= 15 is 0 Å². The molecule has 9 nitrogen and oxygen atoms in total. The van der Waals surface area contributed by atoms with Gasteiger partial charge in [0.25, 0.3) is 15.8 Å². The van der Waals surface area contributed by atoms with Crippen LogP contribution in [0.2, 0.25) is 0 Å². The van der Waals surface area contributed by atoms with Gasteiger partial charge in [-0.2, -0.15) is 35.3 Å². The van der Waals surface area contributed by atoms with Crippen molar-refractivity contribution in [2.45, 2.75) is 57.7 Å². The number of aromatic nitrogens is 2. The number of halogens is 3. The van der Waals surface area contributed by atoms with Crippen LogP contribution < -0.4 is 5.56 Å². The molecular weight excluding hydrogens is 451 g/mol. The zero-order valence-electron chi connectivity index (χ0n) is 18.1. The van der Waals surface area contributed by atoms with E-state index in [0.717, 1.165) is 23.6 Å². The number of ether oxygens (including phenoxy) is 1. The zero-order valence-corrected chi connectivity index (χ0v) is 18.9. The highest BCUT2D eigenvalue weighted by molar-refractivity contribution is 7.86. The molecule has 0 radical (unpaired) electrons. The fourth-order valence-electron chi connectivity index (χ4n) is 4.21. The molecule has 2 saturated heterocycles. The van der Waals surface area contributed by atoms with Crippen LogP contribution in [0.25, 0.3) is 0 Å². The van der Waals surface area contributed by atoms with Gasteiger partial charge >= 0.3 is 6.18 Å². The van der Waals surface area contributed by atoms with Crippen LogP contribution in [0.5, 0.6) is 0 Å². The van der Waals surface area contributed by atoms with E-state index in [1.165, 1.54) is 8.61 Å². The number of hydrogen-bond donors (Lipinski definition) is 0. The van der Waals surface area contributed by atoms with Crippen molar-refractivity contribution < 1.29 is 26.3 Å². The molecule has 0 amide bonds. The van der Waals surface area contributed by atoms with Crippen LogP contribution in [0.15, 0.2) is 10.9 Å². The van der Waals surface area contributed by atoms with Crippen LogP contribution in [0.4, 0.5) is 13.2 Å². The lowest BCUT2D eigenvalue weighted by Gasteiger charge is -2.40. The molecule has 3 heterocycles. The van der Waals surface area contributed by atoms with Gasteiger partial charge in [0.05, 0.1) is 24.6 Å². The van der Waals surface area contributed by atoms with Gasteiger partial charge in [0.2, 0.25) is 0 Å². The Labute approximate surface area is 184 Å². The van der Waals surface area contributed by atoms with Crippen molar-refractivity contribution >= 4 is 10.2 Å². The van der Waals surface area contributed by atoms with Crippen LogP contribution in [0.3, 0.4) is 0 Å². The zero-order chi connectivity index (χ0) is 23.3. The van der Waals surface area contributed by atoms with Crippen LogP contribution in [-0.2, 0) is 27.8 Å². The van der Waals surface area contributed by atoms with Gasteiger partial charge < -0.3 is 4.74 Å². The van der Waals surface area contributed by atoms with E-state index in [2.05, 4.69) is 5.10 Å². The third-order valence-corrected chi connectivity index (χ3v) is 7.97. The molecular formula is C19H28F3N5O4S. The normalized spacial score (nSPS) is 27.0. The van der Waals surface area contributed by atoms with E-state index < -0.39 is 27.5 Å². The monoisotopic (exact) mass is 479 g/mol. The molecule has 32 heavy (non-hydrogen) atoms. The number of nitrogens with zero attached hydrogens (tertiary/aromatic N) is 5. The van der Waals surface area contributed by atoms with Gasteiger partial charge in [0.1, 0.15) is 5.56 Å². The minimum atomic E-state index is -4.75. The van der Waals surface area contributed by atoms with Gasteiger partial charge in [0.15, 0.2) is 0 Å². The highest BCUT2D eigenvalue weighted by atomic mass is 32.2. The molecule has 2 atom stereocenters. The predicted octanol–water partition coefficient (Wildman–Crippen LogP) is 1.07. The van der Waals surface area contributed by atoms with Gasteiger partial charge in [-0.25, -0.2) is 4.68 Å². The number of piperazine rings is 1. The largest absolute Gasteiger partial charge is 0.421 e. The summed E-state index contributed by atoms with van der Waals surface area (Å²) in [6.45, 7) is 5.05. The number of hydrogen-bond acceptors (Lipinski definition) is 6. The third-order valence-electron chi connectivity index (χ3n) is 6.00. The second kappa shape index (κ2) is 8.67. The van der Waals surface area contributed by atoms with Gasteiger partial charge in [0, 0.05) is 45.2 Å². The van der Waals surface area contributed by atoms with Crippen molar-refractivity contribution in [2.75, 3.05) is 39.3 Å². The van der Waals surface area contributed by atoms with Crippen LogP contribution in [0, 0.1) is 0 Å². The van der Waals surface area contributed by atoms with E-state index in [4.69, 9.17) is 4.74 Å². The highest BCUT2D eigenvalue weighted by Gasteiger charge is 2.39. The molecule has 0 aromatic carbocycles. The minimum absolute atomic E-state index is 0.0387. The number of alkyl halides is 3. The molecule has 2 aliphatic heterocycles. The van der Waals surface area contributed by atoms with Crippen LogP contribution in [-0.4, -0.2) is 83.2 Å². The fraction of sp³-hybridized carbons (Fsp3) is 0.789. The summed E-state index contributed by atoms with van der Waals surface area (Å²) in [4.78, 5) is 14.2. The maximum atomic E-state index is 13.3. The summed E-state index contributed by atoms with van der Waals surface area (Å²) >= 11 is 0. The topological polar surface area (TPSA) is 88.0 Å². The van der Waals surface area contributed by atoms with E-state index in [9.17, 15) is 26.4 Å². The lowest BCUT2D eigenvalue weighted by atomic mass is 10.2. The average Bonchev–Trinajstić information content (AvgIpc) is 3.53. The molecule has 4 rings (SSSR count). The van der Waals surface area contributed by atoms with Crippen molar-refractivity contribution in [1.82, 2.24) is 23.3 Å². The number of rotatable bonds is 5. The Morgan fingerprint density at radius 3 is 2.19 bits per heavy atom. The Kier molecular flexibility index (Phi) is 6.40. The molecule has 1 aromatic rings. The lowest BCUT2D eigenvalue weighted by Crippen LogP contribution is -2.57. The maximum Gasteiger partial charge on any atom is 0.421 e. The van der Waals surface area contributed by atoms with E-state index in [1.54, 1.807) is 4.90 Å². The molecule has 13 heteroatoms. The first-order valence-corrected chi connectivity index (χ1v) is 12.2. The Hall–Kier alpha value is -1.54. The first-order valence-electron chi connectivity index (χ1n) is 10.8. The minimum Gasteiger partial charge on any atom is -0.373 e. The van der Waals surface area contributed by atoms with Gasteiger partial charge in [-0.05, 0) is 32.8 Å². The molecule has 3 aliphatic rings. The van der Waals surface area contributed by atoms with Gasteiger partial charge in [-0.15, -0.1) is 0 Å². The molecule has 2 unspecified atom stereocenters. The Bertz CT molecular complexity index is 993. The Morgan fingerprint density at radius 2 is 1.66 bits per heavy atom. The average molecular weight is 480 g/mol. The first-order chi connectivity index (χ1) is 14.9. The third kappa shape index (κ3) is 5.01. The van der Waals surface area contributed by atoms with Crippen molar-refractivity contribution in [3.8, 4) is 0 Å². The summed E-state index contributed by atoms with van der Waals surface area (Å²) in [5.41, 5.74) is -2.09. The molecule has 1 aliphatic carbocycles. The molecule has 0 N–H and O–H groups in total. The molecule has 0 bridgehead atoms. The van der Waals surface area contributed by atoms with Gasteiger partial charge in [-0.3, -0.25) is 9.69 Å². The summed E-state index contributed by atoms with van der Waals surface area (Å²) in [5.74, 6) is -0.0387.